The van der Waals surface area contributed by atoms with E-state index in [-0.39, 0.29) is 0 Å². The van der Waals surface area contributed by atoms with Gasteiger partial charge in [0, 0.05) is 30.0 Å². The average molecular weight is 282 g/mol. The van der Waals surface area contributed by atoms with Crippen LogP contribution in [-0.4, -0.2) is 28.5 Å². The third kappa shape index (κ3) is 3.89. The largest absolute Gasteiger partial charge is 0.344 e. The van der Waals surface area contributed by atoms with E-state index in [9.17, 15) is 0 Å². The SMILES string of the molecule is CC(C)c1nsc(N(CCCN)C2CCCCC2)n1. The van der Waals surface area contributed by atoms with Crippen molar-refractivity contribution in [3.05, 3.63) is 5.82 Å². The Hall–Kier alpha value is -0.680. The van der Waals surface area contributed by atoms with Gasteiger partial charge in [-0.3, -0.25) is 0 Å². The fourth-order valence-electron chi connectivity index (χ4n) is 2.67. The second kappa shape index (κ2) is 7.20. The van der Waals surface area contributed by atoms with E-state index in [0.29, 0.717) is 12.0 Å². The highest BCUT2D eigenvalue weighted by atomic mass is 32.1. The van der Waals surface area contributed by atoms with Crippen molar-refractivity contribution in [1.29, 1.82) is 0 Å². The molecule has 0 atom stereocenters. The van der Waals surface area contributed by atoms with Gasteiger partial charge in [-0.05, 0) is 25.8 Å². The Balaban J connectivity index is 2.10. The Morgan fingerprint density at radius 2 is 2.05 bits per heavy atom. The van der Waals surface area contributed by atoms with Crippen molar-refractivity contribution in [1.82, 2.24) is 9.36 Å². The van der Waals surface area contributed by atoms with Crippen LogP contribution >= 0.6 is 11.5 Å². The van der Waals surface area contributed by atoms with Crippen LogP contribution in [0.15, 0.2) is 0 Å². The van der Waals surface area contributed by atoms with Crippen LogP contribution in [0.1, 0.15) is 64.1 Å². The summed E-state index contributed by atoms with van der Waals surface area (Å²) in [5, 5.41) is 1.10. The molecule has 1 fully saturated rings. The summed E-state index contributed by atoms with van der Waals surface area (Å²) < 4.78 is 4.50. The number of anilines is 1. The first-order valence-corrected chi connectivity index (χ1v) is 8.30. The second-order valence-corrected chi connectivity index (χ2v) is 6.45. The lowest BCUT2D eigenvalue weighted by molar-refractivity contribution is 0.412. The van der Waals surface area contributed by atoms with Gasteiger partial charge >= 0.3 is 0 Å². The third-order valence-electron chi connectivity index (χ3n) is 3.81. The first-order valence-electron chi connectivity index (χ1n) is 7.52. The molecule has 1 heterocycles. The van der Waals surface area contributed by atoms with Gasteiger partial charge in [-0.15, -0.1) is 0 Å². The highest BCUT2D eigenvalue weighted by molar-refractivity contribution is 7.09. The van der Waals surface area contributed by atoms with E-state index in [0.717, 1.165) is 30.5 Å². The second-order valence-electron chi connectivity index (χ2n) is 5.72. The van der Waals surface area contributed by atoms with E-state index in [1.165, 1.54) is 32.1 Å². The van der Waals surface area contributed by atoms with E-state index in [1.54, 1.807) is 11.5 Å². The molecule has 2 N–H and O–H groups in total. The van der Waals surface area contributed by atoms with Crippen LogP contribution in [-0.2, 0) is 0 Å². The fourth-order valence-corrected chi connectivity index (χ4v) is 3.57. The summed E-state index contributed by atoms with van der Waals surface area (Å²) in [6.07, 6.45) is 7.70. The van der Waals surface area contributed by atoms with Crippen LogP contribution in [0, 0.1) is 0 Å². The van der Waals surface area contributed by atoms with Crippen molar-refractivity contribution in [2.75, 3.05) is 18.0 Å². The molecule has 0 saturated heterocycles. The maximum absolute atomic E-state index is 5.68. The van der Waals surface area contributed by atoms with E-state index in [2.05, 4.69) is 23.1 Å². The van der Waals surface area contributed by atoms with Gasteiger partial charge in [0.25, 0.3) is 0 Å². The molecule has 0 radical (unpaired) electrons. The van der Waals surface area contributed by atoms with Crippen molar-refractivity contribution < 1.29 is 0 Å². The molecule has 0 amide bonds. The molecular weight excluding hydrogens is 256 g/mol. The van der Waals surface area contributed by atoms with Crippen LogP contribution in [0.4, 0.5) is 5.13 Å². The van der Waals surface area contributed by atoms with E-state index in [1.807, 2.05) is 0 Å². The van der Waals surface area contributed by atoms with Crippen LogP contribution in [0.25, 0.3) is 0 Å². The molecule has 0 unspecified atom stereocenters. The molecule has 19 heavy (non-hydrogen) atoms. The molecule has 0 aliphatic heterocycles. The average Bonchev–Trinajstić information content (AvgIpc) is 2.90. The smallest absolute Gasteiger partial charge is 0.205 e. The van der Waals surface area contributed by atoms with Crippen LogP contribution in [0.3, 0.4) is 0 Å². The molecule has 1 saturated carbocycles. The fraction of sp³-hybridized carbons (Fsp3) is 0.857. The summed E-state index contributed by atoms with van der Waals surface area (Å²) in [5.74, 6) is 1.39. The molecule has 0 aromatic carbocycles. The molecule has 4 nitrogen and oxygen atoms in total. The van der Waals surface area contributed by atoms with Gasteiger partial charge in [0.2, 0.25) is 5.13 Å². The normalized spacial score (nSPS) is 17.1. The Morgan fingerprint density at radius 1 is 1.32 bits per heavy atom. The van der Waals surface area contributed by atoms with Gasteiger partial charge in [0.05, 0.1) is 0 Å². The topological polar surface area (TPSA) is 55.0 Å². The summed E-state index contributed by atoms with van der Waals surface area (Å²) in [7, 11) is 0. The summed E-state index contributed by atoms with van der Waals surface area (Å²) in [6.45, 7) is 6.07. The maximum atomic E-state index is 5.68. The lowest BCUT2D eigenvalue weighted by atomic mass is 9.94. The van der Waals surface area contributed by atoms with Crippen molar-refractivity contribution in [3.8, 4) is 0 Å². The molecule has 0 spiro atoms. The van der Waals surface area contributed by atoms with Crippen LogP contribution in [0.2, 0.25) is 0 Å². The summed E-state index contributed by atoms with van der Waals surface area (Å²) >= 11 is 1.55. The van der Waals surface area contributed by atoms with Crippen molar-refractivity contribution in [2.45, 2.75) is 64.3 Å². The lowest BCUT2D eigenvalue weighted by Gasteiger charge is -2.33. The minimum absolute atomic E-state index is 0.410. The van der Waals surface area contributed by atoms with Crippen molar-refractivity contribution in [3.63, 3.8) is 0 Å². The Labute approximate surface area is 120 Å². The lowest BCUT2D eigenvalue weighted by Crippen LogP contribution is -2.38. The minimum Gasteiger partial charge on any atom is -0.344 e. The minimum atomic E-state index is 0.410. The number of aromatic nitrogens is 2. The van der Waals surface area contributed by atoms with E-state index < -0.39 is 0 Å². The van der Waals surface area contributed by atoms with Crippen molar-refractivity contribution >= 4 is 16.7 Å². The predicted molar refractivity (Wildman–Crippen MR) is 81.9 cm³/mol. The predicted octanol–water partition coefficient (Wildman–Crippen LogP) is 3.15. The molecule has 5 heteroatoms. The highest BCUT2D eigenvalue weighted by Crippen LogP contribution is 2.29. The first kappa shape index (κ1) is 14.7. The molecule has 2 rings (SSSR count). The van der Waals surface area contributed by atoms with Crippen LogP contribution < -0.4 is 10.6 Å². The number of hydrogen-bond donors (Lipinski definition) is 1. The zero-order valence-corrected chi connectivity index (χ0v) is 13.0. The van der Waals surface area contributed by atoms with Crippen LogP contribution in [0.5, 0.6) is 0 Å². The van der Waals surface area contributed by atoms with Gasteiger partial charge < -0.3 is 10.6 Å². The number of nitrogens with two attached hydrogens (primary N) is 1. The molecule has 1 aromatic heterocycles. The highest BCUT2D eigenvalue weighted by Gasteiger charge is 2.24. The first-order chi connectivity index (χ1) is 9.22. The number of hydrogen-bond acceptors (Lipinski definition) is 5. The molecule has 1 aliphatic carbocycles. The van der Waals surface area contributed by atoms with Gasteiger partial charge in [-0.1, -0.05) is 33.1 Å². The Bertz CT molecular complexity index is 371. The van der Waals surface area contributed by atoms with Gasteiger partial charge in [0.15, 0.2) is 0 Å². The van der Waals surface area contributed by atoms with E-state index >= 15 is 0 Å². The zero-order valence-electron chi connectivity index (χ0n) is 12.1. The number of nitrogens with zero attached hydrogens (tertiary/aromatic N) is 3. The molecule has 1 aromatic rings. The Morgan fingerprint density at radius 3 is 2.63 bits per heavy atom. The number of rotatable bonds is 6. The molecule has 0 bridgehead atoms. The zero-order chi connectivity index (χ0) is 13.7. The quantitative estimate of drug-likeness (QED) is 0.871. The summed E-state index contributed by atoms with van der Waals surface area (Å²) in [5.41, 5.74) is 5.68. The van der Waals surface area contributed by atoms with Crippen molar-refractivity contribution in [2.24, 2.45) is 5.73 Å². The summed E-state index contributed by atoms with van der Waals surface area (Å²) in [6, 6.07) is 0.647. The molecular formula is C14H26N4S. The standard InChI is InChI=1S/C14H26N4S/c1-11(2)13-16-14(19-17-13)18(10-6-9-15)12-7-4-3-5-8-12/h11-12H,3-10,15H2,1-2H3. The Kier molecular flexibility index (Phi) is 5.58. The van der Waals surface area contributed by atoms with Gasteiger partial charge in [0.1, 0.15) is 5.82 Å². The monoisotopic (exact) mass is 282 g/mol. The molecule has 1 aliphatic rings. The van der Waals surface area contributed by atoms with Gasteiger partial charge in [-0.2, -0.15) is 4.37 Å². The van der Waals surface area contributed by atoms with E-state index in [4.69, 9.17) is 10.7 Å². The maximum Gasteiger partial charge on any atom is 0.205 e. The summed E-state index contributed by atoms with van der Waals surface area (Å²) in [4.78, 5) is 7.20. The third-order valence-corrected chi connectivity index (χ3v) is 4.58. The van der Waals surface area contributed by atoms with Gasteiger partial charge in [-0.25, -0.2) is 4.98 Å². The molecule has 108 valence electrons.